The summed E-state index contributed by atoms with van der Waals surface area (Å²) in [7, 11) is -4.43. The molecule has 19 heteroatoms. The van der Waals surface area contributed by atoms with Gasteiger partial charge in [-0.05, 0) is 43.7 Å². The largest absolute Gasteiger partial charge is 0.475 e. The fraction of sp³-hybridized carbons (Fsp3) is 0.320. The SMILES string of the molecule is CCN(C(N)=O)c1nc2cc(-c3cnc(C(C)OP(=O)(OCC(Cl)(Cl)Cl)OCC(Cl)(Cl)Cl)nc3)cc(-c3ccccn3)c2s1. The van der Waals surface area contributed by atoms with Gasteiger partial charge in [-0.1, -0.05) is 87.0 Å². The Hall–Kier alpha value is -1.54. The number of phosphoric ester groups is 1. The van der Waals surface area contributed by atoms with Crippen molar-refractivity contribution in [1.29, 1.82) is 0 Å². The number of rotatable bonds is 11. The molecule has 0 spiro atoms. The number of halogens is 6. The summed E-state index contributed by atoms with van der Waals surface area (Å²) < 4.78 is 26.1. The van der Waals surface area contributed by atoms with Gasteiger partial charge < -0.3 is 5.73 Å². The minimum atomic E-state index is -4.43. The quantitative estimate of drug-likeness (QED) is 0.117. The van der Waals surface area contributed by atoms with E-state index in [4.69, 9.17) is 88.9 Å². The van der Waals surface area contributed by atoms with Crippen LogP contribution in [0, 0.1) is 0 Å². The number of phosphoric acid groups is 1. The van der Waals surface area contributed by atoms with Crippen molar-refractivity contribution in [2.24, 2.45) is 5.73 Å². The molecule has 0 aliphatic carbocycles. The Kier molecular flexibility index (Phi) is 11.6. The summed E-state index contributed by atoms with van der Waals surface area (Å²) in [4.78, 5) is 31.3. The molecular formula is C25H23Cl6N6O5PS. The van der Waals surface area contributed by atoms with Crippen molar-refractivity contribution in [3.8, 4) is 22.4 Å². The van der Waals surface area contributed by atoms with Gasteiger partial charge in [0.05, 0.1) is 15.9 Å². The summed E-state index contributed by atoms with van der Waals surface area (Å²) >= 11 is 35.7. The average molecular weight is 763 g/mol. The number of amides is 2. The van der Waals surface area contributed by atoms with Gasteiger partial charge in [-0.2, -0.15) is 0 Å². The minimum absolute atomic E-state index is 0.131. The fourth-order valence-corrected chi connectivity index (χ4v) is 7.04. The van der Waals surface area contributed by atoms with Gasteiger partial charge >= 0.3 is 13.9 Å². The highest BCUT2D eigenvalue weighted by Crippen LogP contribution is 2.55. The summed E-state index contributed by atoms with van der Waals surface area (Å²) in [6, 6.07) is 8.72. The molecule has 4 rings (SSSR count). The summed E-state index contributed by atoms with van der Waals surface area (Å²) in [5.41, 5.74) is 9.04. The van der Waals surface area contributed by atoms with Crippen LogP contribution in [0.25, 0.3) is 32.6 Å². The van der Waals surface area contributed by atoms with E-state index >= 15 is 0 Å². The summed E-state index contributed by atoms with van der Waals surface area (Å²) in [6.45, 7) is 2.39. The lowest BCUT2D eigenvalue weighted by Crippen LogP contribution is -2.35. The number of alkyl halides is 6. The smallest absolute Gasteiger partial charge is 0.351 e. The van der Waals surface area contributed by atoms with Crippen molar-refractivity contribution in [2.75, 3.05) is 24.7 Å². The number of thiazole rings is 1. The van der Waals surface area contributed by atoms with Crippen molar-refractivity contribution >= 4 is 110 Å². The Bertz CT molecular complexity index is 1630. The predicted molar refractivity (Wildman–Crippen MR) is 176 cm³/mol. The number of hydrogen-bond donors (Lipinski definition) is 1. The van der Waals surface area contributed by atoms with E-state index in [9.17, 15) is 9.36 Å². The molecule has 2 amide bonds. The van der Waals surface area contributed by atoms with Crippen molar-refractivity contribution in [3.63, 3.8) is 0 Å². The van der Waals surface area contributed by atoms with Crippen LogP contribution in [-0.4, -0.2) is 53.3 Å². The zero-order valence-electron chi connectivity index (χ0n) is 22.8. The molecule has 0 saturated carbocycles. The highest BCUT2D eigenvalue weighted by molar-refractivity contribution is 7.48. The molecule has 0 radical (unpaired) electrons. The average Bonchev–Trinajstić information content (AvgIpc) is 3.38. The summed E-state index contributed by atoms with van der Waals surface area (Å²) in [6.07, 6.45) is 3.76. The standard InChI is InChI=1S/C25H23Cl6N6O5PS/c1-3-37(22(32)38)23-36-19-9-15(8-17(20(19)44-23)18-6-4-5-7-33-18)16-10-34-21(35-11-16)14(2)42-43(39,40-12-24(26,27)28)41-13-25(29,30)31/h4-11,14H,3,12-13H2,1-2H3,(H2,32,38). The van der Waals surface area contributed by atoms with Crippen LogP contribution in [0.2, 0.25) is 0 Å². The molecule has 3 aromatic heterocycles. The van der Waals surface area contributed by atoms with Crippen LogP contribution in [0.4, 0.5) is 9.93 Å². The van der Waals surface area contributed by atoms with Crippen molar-refractivity contribution in [3.05, 3.63) is 54.7 Å². The van der Waals surface area contributed by atoms with Crippen LogP contribution < -0.4 is 10.6 Å². The number of anilines is 1. The number of benzene rings is 1. The van der Waals surface area contributed by atoms with E-state index < -0.39 is 40.8 Å². The second-order valence-corrected chi connectivity index (χ2v) is 16.6. The number of pyridine rings is 1. The van der Waals surface area contributed by atoms with Crippen LogP contribution in [0.5, 0.6) is 0 Å². The highest BCUT2D eigenvalue weighted by atomic mass is 35.6. The first-order valence-corrected chi connectivity index (χ1v) is 17.1. The Morgan fingerprint density at radius 1 is 1.02 bits per heavy atom. The Labute approximate surface area is 286 Å². The highest BCUT2D eigenvalue weighted by Gasteiger charge is 2.37. The first-order chi connectivity index (χ1) is 20.6. The van der Waals surface area contributed by atoms with Gasteiger partial charge in [-0.25, -0.2) is 24.3 Å². The number of hydrogen-bond acceptors (Lipinski definition) is 10. The summed E-state index contributed by atoms with van der Waals surface area (Å²) in [5, 5.41) is 0.459. The lowest BCUT2D eigenvalue weighted by atomic mass is 10.0. The van der Waals surface area contributed by atoms with E-state index in [0.717, 1.165) is 15.8 Å². The molecule has 4 aromatic rings. The van der Waals surface area contributed by atoms with Gasteiger partial charge in [-0.15, -0.1) is 0 Å². The maximum absolute atomic E-state index is 13.3. The molecule has 0 fully saturated rings. The second kappa shape index (κ2) is 14.5. The molecule has 3 heterocycles. The van der Waals surface area contributed by atoms with Crippen molar-refractivity contribution in [1.82, 2.24) is 19.9 Å². The lowest BCUT2D eigenvalue weighted by molar-refractivity contribution is 0.0833. The molecule has 0 aliphatic heterocycles. The molecule has 0 aliphatic rings. The van der Waals surface area contributed by atoms with E-state index in [1.807, 2.05) is 37.3 Å². The Morgan fingerprint density at radius 3 is 2.18 bits per heavy atom. The maximum atomic E-state index is 13.3. The molecule has 1 aromatic carbocycles. The summed E-state index contributed by atoms with van der Waals surface area (Å²) in [5.74, 6) is 0.131. The monoisotopic (exact) mass is 760 g/mol. The maximum Gasteiger partial charge on any atom is 0.475 e. The topological polar surface area (TPSA) is 143 Å². The van der Waals surface area contributed by atoms with Crippen LogP contribution in [0.15, 0.2) is 48.9 Å². The van der Waals surface area contributed by atoms with Crippen molar-refractivity contribution < 1.29 is 22.9 Å². The number of carbonyl (C=O) groups is 1. The van der Waals surface area contributed by atoms with E-state index in [0.29, 0.717) is 28.5 Å². The second-order valence-electron chi connectivity index (χ2n) is 8.97. The van der Waals surface area contributed by atoms with E-state index in [1.165, 1.54) is 23.2 Å². The fourth-order valence-electron chi connectivity index (χ4n) is 3.74. The third-order valence-electron chi connectivity index (χ3n) is 5.66. The Balaban J connectivity index is 1.65. The molecule has 1 atom stereocenters. The van der Waals surface area contributed by atoms with Gasteiger partial charge in [-0.3, -0.25) is 23.5 Å². The van der Waals surface area contributed by atoms with E-state index in [2.05, 4.69) is 19.9 Å². The number of urea groups is 1. The van der Waals surface area contributed by atoms with E-state index in [-0.39, 0.29) is 5.82 Å². The third-order valence-corrected chi connectivity index (χ3v) is 8.91. The van der Waals surface area contributed by atoms with E-state index in [1.54, 1.807) is 18.6 Å². The number of carbonyl (C=O) groups excluding carboxylic acids is 1. The van der Waals surface area contributed by atoms with Gasteiger partial charge in [0.15, 0.2) is 11.0 Å². The van der Waals surface area contributed by atoms with Gasteiger partial charge in [0.2, 0.25) is 7.59 Å². The first kappa shape index (κ1) is 35.3. The van der Waals surface area contributed by atoms with Crippen LogP contribution in [0.3, 0.4) is 0 Å². The lowest BCUT2D eigenvalue weighted by Gasteiger charge is -2.24. The first-order valence-electron chi connectivity index (χ1n) is 12.5. The van der Waals surface area contributed by atoms with Gasteiger partial charge in [0, 0.05) is 36.3 Å². The zero-order valence-corrected chi connectivity index (χ0v) is 29.0. The molecule has 0 saturated heterocycles. The molecule has 236 valence electrons. The van der Waals surface area contributed by atoms with Crippen molar-refractivity contribution in [2.45, 2.75) is 27.5 Å². The molecule has 2 N–H and O–H groups in total. The normalized spacial score (nSPS) is 13.3. The number of nitrogens with zero attached hydrogens (tertiary/aromatic N) is 5. The van der Waals surface area contributed by atoms with Crippen LogP contribution in [0.1, 0.15) is 25.8 Å². The zero-order chi connectivity index (χ0) is 32.3. The van der Waals surface area contributed by atoms with Gasteiger partial charge in [0.25, 0.3) is 0 Å². The number of primary amides is 1. The number of nitrogens with two attached hydrogens (primary N) is 1. The van der Waals surface area contributed by atoms with Gasteiger partial charge in [0.1, 0.15) is 19.3 Å². The molecule has 11 nitrogen and oxygen atoms in total. The van der Waals surface area contributed by atoms with Crippen LogP contribution in [-0.2, 0) is 18.1 Å². The predicted octanol–water partition coefficient (Wildman–Crippen LogP) is 8.68. The third kappa shape index (κ3) is 9.49. The van der Waals surface area contributed by atoms with Crippen LogP contribution >= 0.6 is 88.8 Å². The molecule has 1 unspecified atom stereocenters. The molecule has 0 bridgehead atoms. The minimum Gasteiger partial charge on any atom is -0.351 e. The Morgan fingerprint density at radius 2 is 1.66 bits per heavy atom. The molecular weight excluding hydrogens is 740 g/mol. The number of aromatic nitrogens is 4. The molecule has 44 heavy (non-hydrogen) atoms. The number of fused-ring (bicyclic) bond motifs is 1.